The molecule has 0 radical (unpaired) electrons. The van der Waals surface area contributed by atoms with E-state index in [9.17, 15) is 0 Å². The topological polar surface area (TPSA) is 30.7 Å². The second kappa shape index (κ2) is 6.08. The number of aryl methyl sites for hydroxylation is 3. The monoisotopic (exact) mass is 335 g/mol. The van der Waals surface area contributed by atoms with Crippen molar-refractivity contribution in [2.75, 3.05) is 0 Å². The molecule has 2 aromatic rings. The van der Waals surface area contributed by atoms with Gasteiger partial charge in [-0.2, -0.15) is 0 Å². The van der Waals surface area contributed by atoms with Gasteiger partial charge in [0.15, 0.2) is 5.82 Å². The van der Waals surface area contributed by atoms with Crippen LogP contribution in [0.15, 0.2) is 12.1 Å². The number of hydrogen-bond acceptors (Lipinski definition) is 2. The van der Waals surface area contributed by atoms with E-state index >= 15 is 0 Å². The Balaban J connectivity index is 2.61. The molecule has 0 spiro atoms. The molecule has 4 heteroatoms. The molecule has 20 heavy (non-hydrogen) atoms. The molecule has 1 heterocycles. The molecule has 0 N–H and O–H groups in total. The van der Waals surface area contributed by atoms with Crippen molar-refractivity contribution in [1.29, 1.82) is 0 Å². The van der Waals surface area contributed by atoms with Gasteiger partial charge in [-0.15, -0.1) is 10.2 Å². The first-order valence-corrected chi connectivity index (χ1v) is 8.12. The highest BCUT2D eigenvalue weighted by atomic mass is 79.9. The summed E-state index contributed by atoms with van der Waals surface area (Å²) in [5.74, 6) is 2.55. The molecular formula is C16H22BrN3. The van der Waals surface area contributed by atoms with Crippen LogP contribution >= 0.6 is 15.9 Å². The van der Waals surface area contributed by atoms with Crippen LogP contribution < -0.4 is 0 Å². The van der Waals surface area contributed by atoms with E-state index in [1.807, 2.05) is 0 Å². The fourth-order valence-electron chi connectivity index (χ4n) is 2.71. The summed E-state index contributed by atoms with van der Waals surface area (Å²) in [6.45, 7) is 11.8. The molecular weight excluding hydrogens is 314 g/mol. The molecule has 2 rings (SSSR count). The molecule has 3 nitrogen and oxygen atoms in total. The van der Waals surface area contributed by atoms with Gasteiger partial charge in [0.1, 0.15) is 5.82 Å². The van der Waals surface area contributed by atoms with E-state index in [0.29, 0.717) is 5.92 Å². The Kier molecular flexibility index (Phi) is 4.63. The van der Waals surface area contributed by atoms with Gasteiger partial charge in [0.05, 0.1) is 5.33 Å². The van der Waals surface area contributed by atoms with Crippen LogP contribution in [-0.2, 0) is 11.9 Å². The standard InChI is InChI=1S/C16H22BrN3/c1-10(2)9-20-14(8-17)18-19-16(20)15-12(4)6-11(3)7-13(15)5/h6-7,10H,8-9H2,1-5H3. The normalized spacial score (nSPS) is 11.3. The largest absolute Gasteiger partial charge is 0.310 e. The smallest absolute Gasteiger partial charge is 0.164 e. The van der Waals surface area contributed by atoms with Crippen molar-refractivity contribution in [2.45, 2.75) is 46.5 Å². The summed E-state index contributed by atoms with van der Waals surface area (Å²) in [6, 6.07) is 4.43. The Morgan fingerprint density at radius 3 is 2.20 bits per heavy atom. The van der Waals surface area contributed by atoms with Crippen molar-refractivity contribution in [3.8, 4) is 11.4 Å². The van der Waals surface area contributed by atoms with Gasteiger partial charge in [-0.05, 0) is 37.8 Å². The van der Waals surface area contributed by atoms with Gasteiger partial charge in [0.2, 0.25) is 0 Å². The molecule has 0 saturated heterocycles. The van der Waals surface area contributed by atoms with Crippen LogP contribution in [0.2, 0.25) is 0 Å². The van der Waals surface area contributed by atoms with Crippen molar-refractivity contribution < 1.29 is 0 Å². The number of benzene rings is 1. The lowest BCUT2D eigenvalue weighted by atomic mass is 9.99. The van der Waals surface area contributed by atoms with E-state index in [1.54, 1.807) is 0 Å². The maximum absolute atomic E-state index is 4.44. The number of hydrogen-bond donors (Lipinski definition) is 0. The maximum atomic E-state index is 4.44. The molecule has 0 unspecified atom stereocenters. The zero-order chi connectivity index (χ0) is 14.9. The number of halogens is 1. The number of alkyl halides is 1. The third kappa shape index (κ3) is 2.95. The Bertz CT molecular complexity index is 591. The minimum atomic E-state index is 0.564. The van der Waals surface area contributed by atoms with Gasteiger partial charge in [-0.1, -0.05) is 47.5 Å². The summed E-state index contributed by atoms with van der Waals surface area (Å²) >= 11 is 3.51. The van der Waals surface area contributed by atoms with Crippen molar-refractivity contribution in [1.82, 2.24) is 14.8 Å². The lowest BCUT2D eigenvalue weighted by Crippen LogP contribution is -2.10. The fourth-order valence-corrected chi connectivity index (χ4v) is 3.12. The van der Waals surface area contributed by atoms with Crippen molar-refractivity contribution >= 4 is 15.9 Å². The zero-order valence-corrected chi connectivity index (χ0v) is 14.5. The molecule has 108 valence electrons. The highest BCUT2D eigenvalue weighted by molar-refractivity contribution is 9.08. The molecule has 0 aliphatic heterocycles. The Morgan fingerprint density at radius 2 is 1.70 bits per heavy atom. The van der Waals surface area contributed by atoms with E-state index in [4.69, 9.17) is 0 Å². The first kappa shape index (κ1) is 15.2. The quantitative estimate of drug-likeness (QED) is 0.774. The zero-order valence-electron chi connectivity index (χ0n) is 12.9. The second-order valence-electron chi connectivity index (χ2n) is 5.85. The lowest BCUT2D eigenvalue weighted by molar-refractivity contribution is 0.516. The summed E-state index contributed by atoms with van der Waals surface area (Å²) in [5, 5.41) is 9.51. The van der Waals surface area contributed by atoms with E-state index in [2.05, 4.69) is 77.4 Å². The van der Waals surface area contributed by atoms with Crippen molar-refractivity contribution in [3.63, 3.8) is 0 Å². The van der Waals surface area contributed by atoms with Crippen LogP contribution in [0.5, 0.6) is 0 Å². The summed E-state index contributed by atoms with van der Waals surface area (Å²) in [4.78, 5) is 0. The van der Waals surface area contributed by atoms with E-state index in [-0.39, 0.29) is 0 Å². The maximum Gasteiger partial charge on any atom is 0.164 e. The molecule has 0 aliphatic rings. The second-order valence-corrected chi connectivity index (χ2v) is 6.41. The molecule has 0 amide bonds. The highest BCUT2D eigenvalue weighted by Gasteiger charge is 2.17. The number of aromatic nitrogens is 3. The van der Waals surface area contributed by atoms with Crippen LogP contribution in [0, 0.1) is 26.7 Å². The Hall–Kier alpha value is -1.16. The molecule has 1 aromatic heterocycles. The van der Waals surface area contributed by atoms with Crippen molar-refractivity contribution in [2.24, 2.45) is 5.92 Å². The van der Waals surface area contributed by atoms with Gasteiger partial charge in [-0.3, -0.25) is 0 Å². The van der Waals surface area contributed by atoms with E-state index in [1.165, 1.54) is 22.3 Å². The molecule has 0 atom stereocenters. The average Bonchev–Trinajstić information content (AvgIpc) is 2.70. The summed E-state index contributed by atoms with van der Waals surface area (Å²) in [6.07, 6.45) is 0. The van der Waals surface area contributed by atoms with Gasteiger partial charge >= 0.3 is 0 Å². The van der Waals surface area contributed by atoms with E-state index < -0.39 is 0 Å². The number of nitrogens with zero attached hydrogens (tertiary/aromatic N) is 3. The minimum absolute atomic E-state index is 0.564. The van der Waals surface area contributed by atoms with Crippen LogP contribution in [0.4, 0.5) is 0 Å². The average molecular weight is 336 g/mol. The van der Waals surface area contributed by atoms with Crippen LogP contribution in [0.1, 0.15) is 36.4 Å². The van der Waals surface area contributed by atoms with E-state index in [0.717, 1.165) is 23.5 Å². The fraction of sp³-hybridized carbons (Fsp3) is 0.500. The van der Waals surface area contributed by atoms with Crippen LogP contribution in [-0.4, -0.2) is 14.8 Å². The SMILES string of the molecule is Cc1cc(C)c(-c2nnc(CBr)n2CC(C)C)c(C)c1. The lowest BCUT2D eigenvalue weighted by Gasteiger charge is -2.15. The van der Waals surface area contributed by atoms with Crippen molar-refractivity contribution in [3.05, 3.63) is 34.6 Å². The van der Waals surface area contributed by atoms with Gasteiger partial charge in [-0.25, -0.2) is 0 Å². The van der Waals surface area contributed by atoms with Crippen LogP contribution in [0.25, 0.3) is 11.4 Å². The molecule has 1 aromatic carbocycles. The first-order chi connectivity index (χ1) is 9.43. The molecule has 0 bridgehead atoms. The molecule has 0 aliphatic carbocycles. The Morgan fingerprint density at radius 1 is 1.10 bits per heavy atom. The summed E-state index contributed by atoms with van der Waals surface area (Å²) in [5.41, 5.74) is 5.04. The predicted molar refractivity (Wildman–Crippen MR) is 87.1 cm³/mol. The first-order valence-electron chi connectivity index (χ1n) is 7.00. The minimum Gasteiger partial charge on any atom is -0.310 e. The summed E-state index contributed by atoms with van der Waals surface area (Å²) < 4.78 is 2.24. The summed E-state index contributed by atoms with van der Waals surface area (Å²) in [7, 11) is 0. The highest BCUT2D eigenvalue weighted by Crippen LogP contribution is 2.28. The van der Waals surface area contributed by atoms with Crippen LogP contribution in [0.3, 0.4) is 0 Å². The number of rotatable bonds is 4. The predicted octanol–water partition coefficient (Wildman–Crippen LogP) is 4.42. The van der Waals surface area contributed by atoms with Gasteiger partial charge in [0.25, 0.3) is 0 Å². The third-order valence-corrected chi connectivity index (χ3v) is 3.90. The molecule has 0 fully saturated rings. The van der Waals surface area contributed by atoms with Gasteiger partial charge in [0, 0.05) is 12.1 Å². The Labute approximate surface area is 129 Å². The molecule has 0 saturated carbocycles. The third-order valence-electron chi connectivity index (χ3n) is 3.40. The van der Waals surface area contributed by atoms with Gasteiger partial charge < -0.3 is 4.57 Å².